The zero-order chi connectivity index (χ0) is 11.2. The molecule has 0 aromatic carbocycles. The van der Waals surface area contributed by atoms with Gasteiger partial charge in [-0.2, -0.15) is 0 Å². The number of hydrogen-bond donors (Lipinski definition) is 1. The minimum Gasteiger partial charge on any atom is -1.00 e. The van der Waals surface area contributed by atoms with Crippen molar-refractivity contribution in [1.82, 2.24) is 0 Å². The molecule has 0 heterocycles. The van der Waals surface area contributed by atoms with Gasteiger partial charge in [0.2, 0.25) is 0 Å². The van der Waals surface area contributed by atoms with Crippen LogP contribution in [0, 0.1) is 0 Å². The van der Waals surface area contributed by atoms with E-state index in [1.54, 1.807) is 0 Å². The monoisotopic (exact) mass is 226 g/mol. The molecule has 0 aliphatic carbocycles. The Kier molecular flexibility index (Phi) is 8.95. The third-order valence-electron chi connectivity index (χ3n) is 1.37. The fraction of sp³-hybridized carbons (Fsp3) is 0.556. The average molecular weight is 226 g/mol. The van der Waals surface area contributed by atoms with Gasteiger partial charge >= 0.3 is 41.5 Å². The molecule has 0 atom stereocenters. The van der Waals surface area contributed by atoms with Gasteiger partial charge in [0.05, 0.1) is 21.1 Å². The number of carboxylic acids is 1. The van der Waals surface area contributed by atoms with Crippen LogP contribution in [0.2, 0.25) is 0 Å². The zero-order valence-corrected chi connectivity index (χ0v) is 11.7. The Bertz CT molecular complexity index is 250. The van der Waals surface area contributed by atoms with Crippen LogP contribution < -0.4 is 29.6 Å². The molecule has 0 aromatic rings. The molecule has 0 rings (SSSR count). The van der Waals surface area contributed by atoms with Crippen LogP contribution in [-0.2, 0) is 14.3 Å². The topological polar surface area (TPSA) is 63.6 Å². The summed E-state index contributed by atoms with van der Waals surface area (Å²) in [5.41, 5.74) is 0. The molecule has 5 nitrogen and oxygen atoms in total. The van der Waals surface area contributed by atoms with Crippen molar-refractivity contribution in [2.24, 2.45) is 0 Å². The van der Waals surface area contributed by atoms with Gasteiger partial charge in [-0.25, -0.2) is 9.59 Å². The molecule has 0 unspecified atom stereocenters. The molecule has 0 saturated carbocycles. The number of aliphatic carboxylic acids is 1. The number of carbonyl (C=O) groups excluding carboxylic acids is 1. The van der Waals surface area contributed by atoms with Crippen LogP contribution in [0.25, 0.3) is 0 Å². The summed E-state index contributed by atoms with van der Waals surface area (Å²) in [5, 5.41) is 8.22. The molecule has 0 fully saturated rings. The molecule has 0 aromatic heterocycles. The molecular weight excluding hydrogens is 209 g/mol. The summed E-state index contributed by atoms with van der Waals surface area (Å²) in [6.07, 6.45) is 1.66. The summed E-state index contributed by atoms with van der Waals surface area (Å²) in [6, 6.07) is 0. The maximum Gasteiger partial charge on any atom is 1.00 e. The summed E-state index contributed by atoms with van der Waals surface area (Å²) in [5.74, 6) is -1.78. The van der Waals surface area contributed by atoms with E-state index in [0.717, 1.165) is 12.2 Å². The fourth-order valence-electron chi connectivity index (χ4n) is 0.608. The molecule has 0 spiro atoms. The van der Waals surface area contributed by atoms with Crippen molar-refractivity contribution in [2.45, 2.75) is 0 Å². The van der Waals surface area contributed by atoms with Crippen molar-refractivity contribution in [3.05, 3.63) is 12.2 Å². The van der Waals surface area contributed by atoms with Gasteiger partial charge in [0.1, 0.15) is 13.2 Å². The van der Waals surface area contributed by atoms with Gasteiger partial charge in [-0.05, 0) is 0 Å². The number of hydrogen-bond acceptors (Lipinski definition) is 3. The summed E-state index contributed by atoms with van der Waals surface area (Å²) < 4.78 is 5.45. The van der Waals surface area contributed by atoms with Crippen molar-refractivity contribution in [1.29, 1.82) is 0 Å². The normalized spacial score (nSPS) is 10.9. The van der Waals surface area contributed by atoms with E-state index in [4.69, 9.17) is 9.84 Å². The fourth-order valence-corrected chi connectivity index (χ4v) is 0.608. The second kappa shape index (κ2) is 7.87. The van der Waals surface area contributed by atoms with Crippen LogP contribution in [-0.4, -0.2) is 55.8 Å². The Morgan fingerprint density at radius 2 is 1.87 bits per heavy atom. The molecule has 0 radical (unpaired) electrons. The molecule has 0 aliphatic rings. The maximum absolute atomic E-state index is 10.9. The van der Waals surface area contributed by atoms with Crippen molar-refractivity contribution in [2.75, 3.05) is 34.3 Å². The number of carboxylic acid groups (broad SMARTS) is 1. The van der Waals surface area contributed by atoms with Crippen LogP contribution in [0.15, 0.2) is 12.2 Å². The average Bonchev–Trinajstić information content (AvgIpc) is 1.98. The third kappa shape index (κ3) is 13.6. The number of ether oxygens (including phenoxy) is 1. The Hall–Kier alpha value is -0.360. The molecule has 82 valence electrons. The number of rotatable bonds is 5. The third-order valence-corrected chi connectivity index (χ3v) is 1.37. The molecule has 15 heavy (non-hydrogen) atoms. The number of likely N-dealkylation sites (N-methyl/N-ethyl adjacent to an activating group) is 1. The van der Waals surface area contributed by atoms with E-state index in [2.05, 4.69) is 0 Å². The summed E-state index contributed by atoms with van der Waals surface area (Å²) in [4.78, 5) is 20.9. The van der Waals surface area contributed by atoms with E-state index in [1.807, 2.05) is 21.1 Å². The van der Waals surface area contributed by atoms with E-state index in [9.17, 15) is 9.59 Å². The first kappa shape index (κ1) is 17.0. The van der Waals surface area contributed by atoms with Crippen molar-refractivity contribution in [3.8, 4) is 0 Å². The van der Waals surface area contributed by atoms with Crippen LogP contribution in [0.3, 0.4) is 0 Å². The smallest absolute Gasteiger partial charge is 1.00 e. The second-order valence-electron chi connectivity index (χ2n) is 3.85. The molecule has 0 aliphatic heterocycles. The van der Waals surface area contributed by atoms with Gasteiger partial charge < -0.3 is 15.8 Å². The number of nitrogens with zero attached hydrogens (tertiary/aromatic N) is 1. The predicted octanol–water partition coefficient (Wildman–Crippen LogP) is -3.01. The van der Waals surface area contributed by atoms with E-state index in [0.29, 0.717) is 11.0 Å². The molecule has 0 amide bonds. The van der Waals surface area contributed by atoms with Crippen molar-refractivity contribution >= 4 is 11.9 Å². The van der Waals surface area contributed by atoms with Gasteiger partial charge in [0, 0.05) is 12.2 Å². The molecular formula is C9H17NNaO4+. The first-order valence-electron chi connectivity index (χ1n) is 4.19. The van der Waals surface area contributed by atoms with E-state index in [-0.39, 0.29) is 37.6 Å². The van der Waals surface area contributed by atoms with E-state index < -0.39 is 11.9 Å². The maximum atomic E-state index is 10.9. The number of esters is 1. The zero-order valence-electron chi connectivity index (χ0n) is 10.7. The second-order valence-corrected chi connectivity index (χ2v) is 3.85. The Morgan fingerprint density at radius 3 is 2.27 bits per heavy atom. The SMILES string of the molecule is C[N+](C)(C)CCOC(=O)/C=C/C(=O)O.[H-].[Na+]. The van der Waals surface area contributed by atoms with Crippen LogP contribution in [0.4, 0.5) is 0 Å². The number of carbonyl (C=O) groups is 2. The van der Waals surface area contributed by atoms with Crippen LogP contribution in [0.5, 0.6) is 0 Å². The standard InChI is InChI=1S/C9H15NO4.Na.H/c1-10(2,3)6-7-14-9(13)5-4-8(11)12;;/h4-5H,6-7H2,1-3H3;;/q;+1;-1/p+1/b5-4+;;. The summed E-state index contributed by atoms with van der Waals surface area (Å²) >= 11 is 0. The van der Waals surface area contributed by atoms with E-state index in [1.165, 1.54) is 0 Å². The predicted molar refractivity (Wildman–Crippen MR) is 51.7 cm³/mol. The van der Waals surface area contributed by atoms with Gasteiger partial charge in [0.25, 0.3) is 0 Å². The quantitative estimate of drug-likeness (QED) is 0.235. The van der Waals surface area contributed by atoms with Gasteiger partial charge in [-0.1, -0.05) is 0 Å². The first-order valence-corrected chi connectivity index (χ1v) is 4.19. The molecule has 0 bridgehead atoms. The van der Waals surface area contributed by atoms with Crippen molar-refractivity contribution in [3.63, 3.8) is 0 Å². The van der Waals surface area contributed by atoms with Crippen LogP contribution in [0.1, 0.15) is 1.43 Å². The molecule has 1 N–H and O–H groups in total. The van der Waals surface area contributed by atoms with E-state index >= 15 is 0 Å². The largest absolute Gasteiger partial charge is 1.00 e. The minimum atomic E-state index is -1.16. The van der Waals surface area contributed by atoms with Gasteiger partial charge in [0.15, 0.2) is 0 Å². The van der Waals surface area contributed by atoms with Gasteiger partial charge in [-0.3, -0.25) is 0 Å². The van der Waals surface area contributed by atoms with Gasteiger partial charge in [-0.15, -0.1) is 0 Å². The van der Waals surface area contributed by atoms with Crippen LogP contribution >= 0.6 is 0 Å². The molecule has 6 heteroatoms. The number of quaternary nitrogens is 1. The first-order chi connectivity index (χ1) is 6.31. The van der Waals surface area contributed by atoms with Crippen molar-refractivity contribution < 1.29 is 54.9 Å². The molecule has 0 saturated heterocycles. The summed E-state index contributed by atoms with van der Waals surface area (Å²) in [6.45, 7) is 0.971. The Morgan fingerprint density at radius 1 is 1.33 bits per heavy atom. The Labute approximate surface area is 113 Å². The Balaban J connectivity index is -0.000000845. The minimum absolute atomic E-state index is 0. The summed E-state index contributed by atoms with van der Waals surface area (Å²) in [7, 11) is 5.92.